The third-order valence-corrected chi connectivity index (χ3v) is 6.91. The van der Waals surface area contributed by atoms with E-state index in [1.807, 2.05) is 11.9 Å². The van der Waals surface area contributed by atoms with Gasteiger partial charge in [0.15, 0.2) is 0 Å². The number of fused-ring (bicyclic) bond motifs is 1. The molecule has 1 aromatic carbocycles. The molecule has 1 aromatic heterocycles. The first kappa shape index (κ1) is 23.4. The molecule has 0 atom stereocenters. The highest BCUT2D eigenvalue weighted by Gasteiger charge is 2.32. The Labute approximate surface area is 193 Å². The summed E-state index contributed by atoms with van der Waals surface area (Å²) in [5, 5.41) is 4.26. The molecular weight excluding hydrogens is 423 g/mol. The van der Waals surface area contributed by atoms with Crippen LogP contribution in [0.4, 0.5) is 4.39 Å². The minimum atomic E-state index is -0.670. The molecule has 2 heterocycles. The zero-order chi connectivity index (χ0) is 23.4. The second kappa shape index (κ2) is 10.5. The minimum absolute atomic E-state index is 0.109. The van der Waals surface area contributed by atoms with Crippen LogP contribution in [-0.4, -0.2) is 70.2 Å². The van der Waals surface area contributed by atoms with Gasteiger partial charge in [-0.1, -0.05) is 19.3 Å². The lowest BCUT2D eigenvalue weighted by Gasteiger charge is -2.34. The van der Waals surface area contributed by atoms with Crippen LogP contribution in [0.15, 0.2) is 24.4 Å². The Morgan fingerprint density at radius 3 is 2.52 bits per heavy atom. The fraction of sp³-hybridized carbons (Fsp3) is 0.560. The quantitative estimate of drug-likeness (QED) is 0.485. The molecule has 0 radical (unpaired) electrons. The number of hydrogen-bond donors (Lipinski definition) is 1. The third kappa shape index (κ3) is 5.27. The van der Waals surface area contributed by atoms with Crippen LogP contribution in [0.3, 0.4) is 0 Å². The van der Waals surface area contributed by atoms with Crippen LogP contribution in [0.1, 0.15) is 62.2 Å². The number of carbonyl (C=O) groups is 3. The van der Waals surface area contributed by atoms with E-state index in [1.165, 1.54) is 35.7 Å². The van der Waals surface area contributed by atoms with Crippen molar-refractivity contribution in [3.8, 4) is 0 Å². The van der Waals surface area contributed by atoms with Crippen molar-refractivity contribution in [1.82, 2.24) is 19.9 Å². The van der Waals surface area contributed by atoms with E-state index in [9.17, 15) is 18.8 Å². The van der Waals surface area contributed by atoms with Gasteiger partial charge in [0.2, 0.25) is 0 Å². The fourth-order valence-corrected chi connectivity index (χ4v) is 5.17. The Bertz CT molecular complexity index is 1010. The molecule has 2 aliphatic rings. The topological polar surface area (TPSA) is 76.7 Å². The number of likely N-dealkylation sites (N-methyl/N-ethyl adjacent to an activating group) is 1. The summed E-state index contributed by atoms with van der Waals surface area (Å²) in [4.78, 5) is 44.2. The molecule has 0 bridgehead atoms. The van der Waals surface area contributed by atoms with Gasteiger partial charge in [0.05, 0.1) is 5.56 Å². The fourth-order valence-electron chi connectivity index (χ4n) is 5.17. The molecule has 1 aliphatic carbocycles. The number of benzene rings is 1. The van der Waals surface area contributed by atoms with Gasteiger partial charge in [-0.25, -0.2) is 9.40 Å². The molecule has 2 aromatic rings. The van der Waals surface area contributed by atoms with Crippen molar-refractivity contribution < 1.29 is 18.8 Å². The van der Waals surface area contributed by atoms with E-state index >= 15 is 0 Å². The van der Waals surface area contributed by atoms with Gasteiger partial charge >= 0.3 is 0 Å². The number of nitrogens with one attached hydrogen (secondary N) is 1. The van der Waals surface area contributed by atoms with Gasteiger partial charge in [-0.15, -0.1) is 0 Å². The molecule has 1 saturated heterocycles. The first-order valence-corrected chi connectivity index (χ1v) is 12.1. The number of nitrogens with zero attached hydrogens (tertiary/aromatic N) is 3. The maximum absolute atomic E-state index is 13.5. The highest BCUT2D eigenvalue weighted by Crippen LogP contribution is 2.26. The van der Waals surface area contributed by atoms with Crippen LogP contribution in [-0.2, 0) is 9.59 Å². The van der Waals surface area contributed by atoms with Crippen LogP contribution >= 0.6 is 0 Å². The number of ketones is 1. The summed E-state index contributed by atoms with van der Waals surface area (Å²) in [5.41, 5.74) is 0.676. The zero-order valence-electron chi connectivity index (χ0n) is 19.3. The average Bonchev–Trinajstić information content (AvgIpc) is 3.49. The predicted octanol–water partition coefficient (Wildman–Crippen LogP) is 3.76. The lowest BCUT2D eigenvalue weighted by Crippen LogP contribution is -2.51. The van der Waals surface area contributed by atoms with Crippen LogP contribution in [0.5, 0.6) is 0 Å². The van der Waals surface area contributed by atoms with Crippen LogP contribution in [0, 0.1) is 11.7 Å². The monoisotopic (exact) mass is 456 g/mol. The van der Waals surface area contributed by atoms with Crippen molar-refractivity contribution in [2.75, 3.05) is 32.7 Å². The standard InChI is InChI=1S/C25H33FN4O3/c1-2-30(29-12-6-7-13-29)23(31)17-28(16-18-8-4-3-5-9-18)25(33)24(32)21-15-27-22-14-19(26)10-11-20(21)22/h10-11,14-15,18,27H,2-9,12-13,16-17H2,1H3. The molecule has 2 fully saturated rings. The lowest BCUT2D eigenvalue weighted by molar-refractivity contribution is -0.151. The maximum atomic E-state index is 13.5. The Morgan fingerprint density at radius 1 is 1.09 bits per heavy atom. The maximum Gasteiger partial charge on any atom is 0.295 e. The second-order valence-electron chi connectivity index (χ2n) is 9.18. The molecule has 178 valence electrons. The van der Waals surface area contributed by atoms with Gasteiger partial charge < -0.3 is 9.88 Å². The normalized spacial score (nSPS) is 17.4. The molecular formula is C25H33FN4O3. The highest BCUT2D eigenvalue weighted by molar-refractivity contribution is 6.45. The molecule has 4 rings (SSSR count). The number of H-pyrrole nitrogens is 1. The summed E-state index contributed by atoms with van der Waals surface area (Å²) < 4.78 is 13.5. The smallest absolute Gasteiger partial charge is 0.295 e. The second-order valence-corrected chi connectivity index (χ2v) is 9.18. The largest absolute Gasteiger partial charge is 0.360 e. The van der Waals surface area contributed by atoms with Crippen molar-refractivity contribution in [2.45, 2.75) is 51.9 Å². The number of Topliss-reactive ketones (excluding diaryl/α,β-unsaturated/α-hetero) is 1. The zero-order valence-corrected chi connectivity index (χ0v) is 19.3. The number of carbonyl (C=O) groups excluding carboxylic acids is 3. The van der Waals surface area contributed by atoms with Gasteiger partial charge in [-0.05, 0) is 56.7 Å². The number of halogens is 1. The molecule has 1 saturated carbocycles. The molecule has 2 amide bonds. The summed E-state index contributed by atoms with van der Waals surface area (Å²) in [5.74, 6) is -1.61. The molecule has 1 aliphatic heterocycles. The molecule has 0 unspecified atom stereocenters. The molecule has 8 heteroatoms. The molecule has 0 spiro atoms. The van der Waals surface area contributed by atoms with E-state index in [2.05, 4.69) is 4.98 Å². The van der Waals surface area contributed by atoms with Gasteiger partial charge in [-0.2, -0.15) is 0 Å². The number of hydrazine groups is 1. The Kier molecular flexibility index (Phi) is 7.42. The van der Waals surface area contributed by atoms with Gasteiger partial charge in [0.25, 0.3) is 17.6 Å². The first-order chi connectivity index (χ1) is 16.0. The SMILES string of the molecule is CCN(C(=O)CN(CC1CCCCC1)C(=O)C(=O)c1c[nH]c2cc(F)ccc12)N1CCCC1. The Morgan fingerprint density at radius 2 is 1.82 bits per heavy atom. The van der Waals surface area contributed by atoms with Crippen molar-refractivity contribution in [2.24, 2.45) is 5.92 Å². The lowest BCUT2D eigenvalue weighted by atomic mass is 9.89. The van der Waals surface area contributed by atoms with Crippen LogP contribution in [0.25, 0.3) is 10.9 Å². The van der Waals surface area contributed by atoms with E-state index in [0.717, 1.165) is 51.6 Å². The van der Waals surface area contributed by atoms with Crippen LogP contribution < -0.4 is 0 Å². The van der Waals surface area contributed by atoms with Crippen molar-refractivity contribution in [1.29, 1.82) is 0 Å². The molecule has 33 heavy (non-hydrogen) atoms. The van der Waals surface area contributed by atoms with E-state index < -0.39 is 17.5 Å². The summed E-state index contributed by atoms with van der Waals surface area (Å²) in [6.07, 6.45) is 8.96. The summed E-state index contributed by atoms with van der Waals surface area (Å²) >= 11 is 0. The number of rotatable bonds is 8. The van der Waals surface area contributed by atoms with E-state index in [1.54, 1.807) is 5.01 Å². The summed E-state index contributed by atoms with van der Waals surface area (Å²) in [6.45, 7) is 4.43. The van der Waals surface area contributed by atoms with Gasteiger partial charge in [0, 0.05) is 43.3 Å². The van der Waals surface area contributed by atoms with E-state index in [-0.39, 0.29) is 18.0 Å². The predicted molar refractivity (Wildman–Crippen MR) is 124 cm³/mol. The van der Waals surface area contributed by atoms with Crippen LogP contribution in [0.2, 0.25) is 0 Å². The summed E-state index contributed by atoms with van der Waals surface area (Å²) in [6, 6.07) is 4.08. The number of hydrogen-bond acceptors (Lipinski definition) is 4. The number of amides is 2. The highest BCUT2D eigenvalue weighted by atomic mass is 19.1. The average molecular weight is 457 g/mol. The number of aromatic amines is 1. The Balaban J connectivity index is 1.55. The van der Waals surface area contributed by atoms with Crippen molar-refractivity contribution >= 4 is 28.5 Å². The van der Waals surface area contributed by atoms with Gasteiger partial charge in [-0.3, -0.25) is 19.4 Å². The van der Waals surface area contributed by atoms with Gasteiger partial charge in [0.1, 0.15) is 12.4 Å². The summed E-state index contributed by atoms with van der Waals surface area (Å²) in [7, 11) is 0. The van der Waals surface area contributed by atoms with Crippen molar-refractivity contribution in [3.05, 3.63) is 35.8 Å². The first-order valence-electron chi connectivity index (χ1n) is 12.1. The van der Waals surface area contributed by atoms with E-state index in [0.29, 0.717) is 29.9 Å². The molecule has 7 nitrogen and oxygen atoms in total. The third-order valence-electron chi connectivity index (χ3n) is 6.91. The number of aromatic nitrogens is 1. The van der Waals surface area contributed by atoms with Crippen molar-refractivity contribution in [3.63, 3.8) is 0 Å². The molecule has 1 N–H and O–H groups in total. The van der Waals surface area contributed by atoms with E-state index in [4.69, 9.17) is 0 Å². The minimum Gasteiger partial charge on any atom is -0.360 e. The Hall–Kier alpha value is -2.74.